The molecule has 0 aliphatic heterocycles. The van der Waals surface area contributed by atoms with E-state index in [0.29, 0.717) is 0 Å². The number of rotatable bonds is 7. The zero-order valence-electron chi connectivity index (χ0n) is 17.9. The molecule has 168 valence electrons. The van der Waals surface area contributed by atoms with Crippen LogP contribution in [0, 0.1) is 10.8 Å². The lowest BCUT2D eigenvalue weighted by Crippen LogP contribution is -2.33. The fourth-order valence-corrected chi connectivity index (χ4v) is 3.04. The monoisotopic (exact) mass is 462 g/mol. The SMILES string of the molecule is CC(C)(C)C(=O)OC(OC(=O)C(C)(C)C)[PH](=O)C/C=C/Cn1cc(Cl)c(=O)[nH]c1=O. The second kappa shape index (κ2) is 10.3. The number of aromatic amines is 1. The Labute approximate surface area is 180 Å². The number of hydrogen-bond donors (Lipinski definition) is 1. The Balaban J connectivity index is 2.88. The minimum Gasteiger partial charge on any atom is -0.418 e. The third-order valence-electron chi connectivity index (χ3n) is 3.67. The second-order valence-corrected chi connectivity index (χ2v) is 10.9. The molecule has 11 heteroatoms. The van der Waals surface area contributed by atoms with Crippen molar-refractivity contribution in [2.45, 2.75) is 54.1 Å². The molecule has 1 unspecified atom stereocenters. The van der Waals surface area contributed by atoms with E-state index in [-0.39, 0.29) is 17.7 Å². The van der Waals surface area contributed by atoms with Gasteiger partial charge in [0.25, 0.3) is 11.6 Å². The summed E-state index contributed by atoms with van der Waals surface area (Å²) in [6.07, 6.45) is 4.20. The molecule has 0 aliphatic rings. The molecule has 1 N–H and O–H groups in total. The molecule has 0 amide bonds. The number of nitrogens with zero attached hydrogens (tertiary/aromatic N) is 1. The Kier molecular flexibility index (Phi) is 8.87. The van der Waals surface area contributed by atoms with Crippen molar-refractivity contribution in [3.8, 4) is 0 Å². The van der Waals surface area contributed by atoms with E-state index in [2.05, 4.69) is 4.98 Å². The summed E-state index contributed by atoms with van der Waals surface area (Å²) in [5.74, 6) is -1.29. The number of esters is 2. The van der Waals surface area contributed by atoms with Crippen molar-refractivity contribution in [2.75, 3.05) is 6.16 Å². The van der Waals surface area contributed by atoms with Crippen LogP contribution in [0.1, 0.15) is 41.5 Å². The summed E-state index contributed by atoms with van der Waals surface area (Å²) in [5, 5.41) is -0.139. The highest BCUT2D eigenvalue weighted by molar-refractivity contribution is 7.45. The molecule has 0 saturated heterocycles. The van der Waals surface area contributed by atoms with E-state index in [1.807, 2.05) is 0 Å². The van der Waals surface area contributed by atoms with E-state index in [9.17, 15) is 23.7 Å². The van der Waals surface area contributed by atoms with E-state index in [1.54, 1.807) is 41.5 Å². The van der Waals surface area contributed by atoms with Crippen molar-refractivity contribution < 1.29 is 23.6 Å². The van der Waals surface area contributed by atoms with Gasteiger partial charge in [-0.1, -0.05) is 23.8 Å². The number of H-pyrrole nitrogens is 1. The van der Waals surface area contributed by atoms with Crippen LogP contribution < -0.4 is 11.2 Å². The topological polar surface area (TPSA) is 125 Å². The highest BCUT2D eigenvalue weighted by Gasteiger charge is 2.34. The molecule has 30 heavy (non-hydrogen) atoms. The zero-order chi connectivity index (χ0) is 23.3. The normalized spacial score (nSPS) is 13.5. The first-order chi connectivity index (χ1) is 13.6. The molecular formula is C19H28ClN2O7P. The van der Waals surface area contributed by atoms with Crippen LogP contribution in [0.3, 0.4) is 0 Å². The summed E-state index contributed by atoms with van der Waals surface area (Å²) in [5.41, 5.74) is -3.06. The molecule has 1 aromatic rings. The minimum atomic E-state index is -2.71. The zero-order valence-corrected chi connectivity index (χ0v) is 19.7. The molecule has 1 aromatic heterocycles. The van der Waals surface area contributed by atoms with Crippen LogP contribution in [0.25, 0.3) is 0 Å². The number of allylic oxidation sites excluding steroid dienone is 2. The first-order valence-electron chi connectivity index (χ1n) is 9.22. The van der Waals surface area contributed by atoms with Crippen LogP contribution in [0.2, 0.25) is 5.02 Å². The standard InChI is InChI=1S/C19H28ClN2O7P/c1-18(2,3)14(24)28-17(29-15(25)19(4,5)6)30(27)10-8-7-9-22-11-12(20)13(23)21-16(22)26/h7-8,11,17,30H,9-10H2,1-6H3,(H,21,23,26)/b8-7+. The van der Waals surface area contributed by atoms with Gasteiger partial charge in [-0.05, 0) is 41.5 Å². The van der Waals surface area contributed by atoms with Gasteiger partial charge in [-0.15, -0.1) is 0 Å². The maximum Gasteiger partial charge on any atom is 0.328 e. The smallest absolute Gasteiger partial charge is 0.328 e. The number of halogens is 1. The Bertz CT molecular complexity index is 923. The van der Waals surface area contributed by atoms with Gasteiger partial charge in [0, 0.05) is 18.9 Å². The highest BCUT2D eigenvalue weighted by atomic mass is 35.5. The number of carbonyl (C=O) groups is 2. The number of ether oxygens (including phenoxy) is 2. The number of aromatic nitrogens is 2. The second-order valence-electron chi connectivity index (χ2n) is 8.67. The first kappa shape index (κ1) is 25.9. The maximum absolute atomic E-state index is 12.7. The lowest BCUT2D eigenvalue weighted by molar-refractivity contribution is -0.184. The first-order valence-corrected chi connectivity index (χ1v) is 11.3. The summed E-state index contributed by atoms with van der Waals surface area (Å²) >= 11 is 5.69. The molecule has 0 bridgehead atoms. The summed E-state index contributed by atoms with van der Waals surface area (Å²) in [4.78, 5) is 49.4. The lowest BCUT2D eigenvalue weighted by Gasteiger charge is -2.25. The summed E-state index contributed by atoms with van der Waals surface area (Å²) in [6, 6.07) is -1.50. The lowest BCUT2D eigenvalue weighted by atomic mass is 9.97. The van der Waals surface area contributed by atoms with E-state index >= 15 is 0 Å². The van der Waals surface area contributed by atoms with Crippen LogP contribution in [0.4, 0.5) is 0 Å². The number of carbonyl (C=O) groups excluding carboxylic acids is 2. The van der Waals surface area contributed by atoms with Crippen LogP contribution in [-0.2, 0) is 30.2 Å². The molecule has 0 saturated carbocycles. The van der Waals surface area contributed by atoms with Crippen molar-refractivity contribution in [1.29, 1.82) is 0 Å². The van der Waals surface area contributed by atoms with Crippen LogP contribution >= 0.6 is 19.4 Å². The van der Waals surface area contributed by atoms with Crippen molar-refractivity contribution in [3.63, 3.8) is 0 Å². The van der Waals surface area contributed by atoms with E-state index in [1.165, 1.54) is 18.3 Å². The van der Waals surface area contributed by atoms with Crippen molar-refractivity contribution in [1.82, 2.24) is 9.55 Å². The predicted octanol–water partition coefficient (Wildman–Crippen LogP) is 2.77. The molecule has 0 aliphatic carbocycles. The quantitative estimate of drug-likeness (QED) is 0.286. The Morgan fingerprint density at radius 3 is 2.07 bits per heavy atom. The van der Waals surface area contributed by atoms with Gasteiger partial charge in [0.1, 0.15) is 5.02 Å². The summed E-state index contributed by atoms with van der Waals surface area (Å²) < 4.78 is 24.3. The maximum atomic E-state index is 12.7. The average molecular weight is 463 g/mol. The van der Waals surface area contributed by atoms with E-state index in [0.717, 1.165) is 4.57 Å². The van der Waals surface area contributed by atoms with E-state index in [4.69, 9.17) is 21.1 Å². The third kappa shape index (κ3) is 7.95. The van der Waals surface area contributed by atoms with Gasteiger partial charge < -0.3 is 14.0 Å². The molecule has 0 fully saturated rings. The van der Waals surface area contributed by atoms with E-state index < -0.39 is 47.8 Å². The van der Waals surface area contributed by atoms with Crippen molar-refractivity contribution in [2.24, 2.45) is 10.8 Å². The molecule has 0 radical (unpaired) electrons. The van der Waals surface area contributed by atoms with Crippen LogP contribution in [0.15, 0.2) is 27.9 Å². The van der Waals surface area contributed by atoms with Crippen molar-refractivity contribution >= 4 is 31.3 Å². The van der Waals surface area contributed by atoms with Gasteiger partial charge in [-0.2, -0.15) is 0 Å². The molecule has 9 nitrogen and oxygen atoms in total. The Morgan fingerprint density at radius 1 is 1.10 bits per heavy atom. The number of nitrogens with one attached hydrogen (secondary N) is 1. The van der Waals surface area contributed by atoms with Gasteiger partial charge >= 0.3 is 17.6 Å². The summed E-state index contributed by atoms with van der Waals surface area (Å²) in [7, 11) is -2.71. The minimum absolute atomic E-state index is 0.0317. The van der Waals surface area contributed by atoms with Crippen LogP contribution in [-0.4, -0.2) is 33.7 Å². The third-order valence-corrected chi connectivity index (χ3v) is 5.34. The molecule has 1 atom stereocenters. The predicted molar refractivity (Wildman–Crippen MR) is 114 cm³/mol. The molecule has 1 heterocycles. The number of hydrogen-bond acceptors (Lipinski definition) is 7. The van der Waals surface area contributed by atoms with Gasteiger partial charge in [0.15, 0.2) is 7.80 Å². The van der Waals surface area contributed by atoms with Gasteiger partial charge in [-0.25, -0.2) is 4.79 Å². The molecule has 0 aromatic carbocycles. The Morgan fingerprint density at radius 2 is 1.60 bits per heavy atom. The van der Waals surface area contributed by atoms with Crippen molar-refractivity contribution in [3.05, 3.63) is 44.2 Å². The molecule has 0 spiro atoms. The largest absolute Gasteiger partial charge is 0.418 e. The highest BCUT2D eigenvalue weighted by Crippen LogP contribution is 2.34. The average Bonchev–Trinajstić information content (AvgIpc) is 2.60. The fraction of sp³-hybridized carbons (Fsp3) is 0.579. The molecule has 1 rings (SSSR count). The van der Waals surface area contributed by atoms with Gasteiger partial charge in [0.05, 0.1) is 10.8 Å². The summed E-state index contributed by atoms with van der Waals surface area (Å²) in [6.45, 7) is 9.83. The Hall–Kier alpha value is -2.12. The molecular weight excluding hydrogens is 435 g/mol. The van der Waals surface area contributed by atoms with Crippen LogP contribution in [0.5, 0.6) is 0 Å². The van der Waals surface area contributed by atoms with Gasteiger partial charge in [-0.3, -0.25) is 23.9 Å². The fourth-order valence-electron chi connectivity index (χ4n) is 1.81. The van der Waals surface area contributed by atoms with Gasteiger partial charge in [0.2, 0.25) is 0 Å².